The van der Waals surface area contributed by atoms with Crippen LogP contribution in [0.4, 0.5) is 5.69 Å². The predicted octanol–water partition coefficient (Wildman–Crippen LogP) is 4.41. The van der Waals surface area contributed by atoms with E-state index in [2.05, 4.69) is 22.8 Å². The van der Waals surface area contributed by atoms with Crippen LogP contribution in [0.3, 0.4) is 0 Å². The molecule has 0 aromatic heterocycles. The zero-order chi connectivity index (χ0) is 17.4. The average molecular weight is 334 g/mol. The number of anilines is 1. The fraction of sp³-hybridized carbons (Fsp3) is 0.409. The van der Waals surface area contributed by atoms with E-state index in [4.69, 9.17) is 0 Å². The van der Waals surface area contributed by atoms with E-state index in [1.807, 2.05) is 44.2 Å². The molecule has 2 aromatic rings. The molecule has 2 aliphatic carbocycles. The number of carbonyl (C=O) groups is 1. The molecule has 0 saturated heterocycles. The van der Waals surface area contributed by atoms with Crippen molar-refractivity contribution < 1.29 is 4.79 Å². The van der Waals surface area contributed by atoms with E-state index < -0.39 is 0 Å². The Labute approximate surface area is 149 Å². The maximum Gasteiger partial charge on any atom is 0.255 e. The molecule has 2 atom stereocenters. The van der Waals surface area contributed by atoms with Crippen LogP contribution in [0.2, 0.25) is 0 Å². The van der Waals surface area contributed by atoms with Crippen LogP contribution in [0, 0.1) is 19.8 Å². The van der Waals surface area contributed by atoms with Gasteiger partial charge in [-0.1, -0.05) is 29.8 Å². The lowest BCUT2D eigenvalue weighted by atomic mass is 10.0. The van der Waals surface area contributed by atoms with Gasteiger partial charge in [0.2, 0.25) is 0 Å². The third-order valence-electron chi connectivity index (χ3n) is 5.39. The fourth-order valence-corrected chi connectivity index (χ4v) is 3.42. The average Bonchev–Trinajstić information content (AvgIpc) is 3.50. The van der Waals surface area contributed by atoms with Gasteiger partial charge in [0.25, 0.3) is 5.91 Å². The van der Waals surface area contributed by atoms with Gasteiger partial charge in [-0.3, -0.25) is 4.79 Å². The van der Waals surface area contributed by atoms with Gasteiger partial charge in [-0.15, -0.1) is 0 Å². The molecule has 0 bridgehead atoms. The number of amides is 1. The Morgan fingerprint density at radius 2 is 1.84 bits per heavy atom. The number of hydrogen-bond donors (Lipinski definition) is 2. The number of nitrogens with one attached hydrogen (secondary N) is 2. The smallest absolute Gasteiger partial charge is 0.255 e. The molecular formula is C22H26N2O. The Hall–Kier alpha value is -2.13. The second-order valence-corrected chi connectivity index (χ2v) is 7.69. The van der Waals surface area contributed by atoms with E-state index in [1.54, 1.807) is 0 Å². The van der Waals surface area contributed by atoms with Gasteiger partial charge in [-0.05, 0) is 74.9 Å². The second kappa shape index (κ2) is 6.64. The quantitative estimate of drug-likeness (QED) is 0.821. The number of benzene rings is 2. The van der Waals surface area contributed by atoms with E-state index >= 15 is 0 Å². The summed E-state index contributed by atoms with van der Waals surface area (Å²) >= 11 is 0. The molecule has 0 radical (unpaired) electrons. The molecule has 130 valence electrons. The predicted molar refractivity (Wildman–Crippen MR) is 102 cm³/mol. The third kappa shape index (κ3) is 3.93. The summed E-state index contributed by atoms with van der Waals surface area (Å²) in [7, 11) is 0. The highest BCUT2D eigenvalue weighted by Crippen LogP contribution is 2.41. The Kier molecular flexibility index (Phi) is 4.34. The molecule has 2 saturated carbocycles. The van der Waals surface area contributed by atoms with Crippen LogP contribution < -0.4 is 10.6 Å². The molecule has 25 heavy (non-hydrogen) atoms. The summed E-state index contributed by atoms with van der Waals surface area (Å²) in [6, 6.07) is 15.0. The molecule has 3 heteroatoms. The molecule has 2 aliphatic rings. The molecule has 3 nitrogen and oxygen atoms in total. The number of carbonyl (C=O) groups excluding carboxylic acids is 1. The van der Waals surface area contributed by atoms with E-state index in [9.17, 15) is 4.79 Å². The van der Waals surface area contributed by atoms with Crippen molar-refractivity contribution in [2.75, 3.05) is 11.9 Å². The third-order valence-corrected chi connectivity index (χ3v) is 5.39. The minimum Gasteiger partial charge on any atom is -0.322 e. The highest BCUT2D eigenvalue weighted by Gasteiger charge is 2.38. The van der Waals surface area contributed by atoms with Crippen LogP contribution in [0.25, 0.3) is 0 Å². The van der Waals surface area contributed by atoms with Crippen LogP contribution in [-0.4, -0.2) is 18.5 Å². The first kappa shape index (κ1) is 16.3. The summed E-state index contributed by atoms with van der Waals surface area (Å²) in [5, 5.41) is 6.70. The van der Waals surface area contributed by atoms with Gasteiger partial charge in [-0.2, -0.15) is 0 Å². The topological polar surface area (TPSA) is 41.1 Å². The monoisotopic (exact) mass is 334 g/mol. The van der Waals surface area contributed by atoms with Gasteiger partial charge in [0.1, 0.15) is 0 Å². The van der Waals surface area contributed by atoms with Crippen LogP contribution in [0.5, 0.6) is 0 Å². The second-order valence-electron chi connectivity index (χ2n) is 7.69. The summed E-state index contributed by atoms with van der Waals surface area (Å²) in [6.07, 6.45) is 4.04. The lowest BCUT2D eigenvalue weighted by molar-refractivity contribution is 0.102. The number of rotatable bonds is 6. The molecule has 0 spiro atoms. The van der Waals surface area contributed by atoms with Crippen molar-refractivity contribution in [1.82, 2.24) is 5.32 Å². The van der Waals surface area contributed by atoms with Crippen molar-refractivity contribution in [3.05, 3.63) is 64.7 Å². The van der Waals surface area contributed by atoms with Crippen molar-refractivity contribution in [2.24, 2.45) is 5.92 Å². The molecule has 2 N–H and O–H groups in total. The standard InChI is InChI=1S/C22H26N2O/c1-14-3-4-15(2)19(11-14)22(25)24-18-9-7-17(8-10-18)20-12-21(20)23-13-16-5-6-16/h3-4,7-11,16,20-21,23H,5-6,12-13H2,1-2H3,(H,24,25)/t20-,21+/m0/s1. The van der Waals surface area contributed by atoms with E-state index in [-0.39, 0.29) is 5.91 Å². The van der Waals surface area contributed by atoms with E-state index in [1.165, 1.54) is 31.4 Å². The summed E-state index contributed by atoms with van der Waals surface area (Å²) in [6.45, 7) is 5.17. The normalized spacial score (nSPS) is 21.8. The van der Waals surface area contributed by atoms with E-state index in [0.29, 0.717) is 12.0 Å². The van der Waals surface area contributed by atoms with Gasteiger partial charge in [0, 0.05) is 23.2 Å². The van der Waals surface area contributed by atoms with Crippen molar-refractivity contribution in [3.63, 3.8) is 0 Å². The SMILES string of the molecule is Cc1ccc(C)c(C(=O)Nc2ccc([C@@H]3C[C@H]3NCC3CC3)cc2)c1. The molecule has 2 aromatic carbocycles. The van der Waals surface area contributed by atoms with Gasteiger partial charge in [0.05, 0.1) is 0 Å². The Balaban J connectivity index is 1.36. The largest absolute Gasteiger partial charge is 0.322 e. The van der Waals surface area contributed by atoms with Crippen LogP contribution >= 0.6 is 0 Å². The molecule has 0 aliphatic heterocycles. The van der Waals surface area contributed by atoms with Crippen LogP contribution in [0.1, 0.15) is 52.2 Å². The van der Waals surface area contributed by atoms with Crippen molar-refractivity contribution in [3.8, 4) is 0 Å². The molecular weight excluding hydrogens is 308 g/mol. The highest BCUT2D eigenvalue weighted by atomic mass is 16.1. The first-order chi connectivity index (χ1) is 12.1. The maximum absolute atomic E-state index is 12.5. The lowest BCUT2D eigenvalue weighted by Crippen LogP contribution is -2.20. The van der Waals surface area contributed by atoms with Gasteiger partial charge < -0.3 is 10.6 Å². The zero-order valence-corrected chi connectivity index (χ0v) is 15.0. The fourth-order valence-electron chi connectivity index (χ4n) is 3.42. The van der Waals surface area contributed by atoms with E-state index in [0.717, 1.165) is 28.3 Å². The first-order valence-electron chi connectivity index (χ1n) is 9.32. The van der Waals surface area contributed by atoms with Gasteiger partial charge in [-0.25, -0.2) is 0 Å². The number of aryl methyl sites for hydroxylation is 2. The molecule has 1 amide bonds. The zero-order valence-electron chi connectivity index (χ0n) is 15.0. The van der Waals surface area contributed by atoms with Crippen LogP contribution in [-0.2, 0) is 0 Å². The minimum absolute atomic E-state index is 0.0376. The summed E-state index contributed by atoms with van der Waals surface area (Å²) in [5.74, 6) is 1.54. The molecule has 0 heterocycles. The summed E-state index contributed by atoms with van der Waals surface area (Å²) in [5.41, 5.74) is 5.08. The van der Waals surface area contributed by atoms with Crippen molar-refractivity contribution in [1.29, 1.82) is 0 Å². The highest BCUT2D eigenvalue weighted by molar-refractivity contribution is 6.05. The lowest BCUT2D eigenvalue weighted by Gasteiger charge is -2.09. The summed E-state index contributed by atoms with van der Waals surface area (Å²) in [4.78, 5) is 12.5. The van der Waals surface area contributed by atoms with Gasteiger partial charge >= 0.3 is 0 Å². The minimum atomic E-state index is -0.0376. The molecule has 0 unspecified atom stereocenters. The molecule has 4 rings (SSSR count). The molecule has 2 fully saturated rings. The first-order valence-corrected chi connectivity index (χ1v) is 9.32. The van der Waals surface area contributed by atoms with Gasteiger partial charge in [0.15, 0.2) is 0 Å². The Morgan fingerprint density at radius 1 is 1.08 bits per heavy atom. The van der Waals surface area contributed by atoms with Crippen molar-refractivity contribution in [2.45, 2.75) is 45.1 Å². The Bertz CT molecular complexity index is 777. The number of hydrogen-bond acceptors (Lipinski definition) is 2. The van der Waals surface area contributed by atoms with Crippen LogP contribution in [0.15, 0.2) is 42.5 Å². The Morgan fingerprint density at radius 3 is 2.56 bits per heavy atom. The summed E-state index contributed by atoms with van der Waals surface area (Å²) < 4.78 is 0. The van der Waals surface area contributed by atoms with Crippen molar-refractivity contribution >= 4 is 11.6 Å². The maximum atomic E-state index is 12.5.